The number of nitriles is 1. The number of aromatic nitrogens is 1. The van der Waals surface area contributed by atoms with Crippen LogP contribution < -0.4 is 0 Å². The molecule has 0 saturated heterocycles. The number of halogens is 1. The van der Waals surface area contributed by atoms with Gasteiger partial charge in [-0.3, -0.25) is 0 Å². The zero-order valence-corrected chi connectivity index (χ0v) is 8.50. The van der Waals surface area contributed by atoms with E-state index >= 15 is 0 Å². The molecule has 3 heteroatoms. The SMILES string of the molecule is N#Cc1ncc(Br)c2c1CCC=C2. The highest BCUT2D eigenvalue weighted by atomic mass is 79.9. The summed E-state index contributed by atoms with van der Waals surface area (Å²) in [6.07, 6.45) is 7.77. The Hall–Kier alpha value is -1.14. The minimum absolute atomic E-state index is 0.558. The van der Waals surface area contributed by atoms with Crippen LogP contribution in [0.15, 0.2) is 16.7 Å². The van der Waals surface area contributed by atoms with Crippen LogP contribution in [-0.4, -0.2) is 4.98 Å². The third kappa shape index (κ3) is 1.38. The van der Waals surface area contributed by atoms with Crippen LogP contribution in [0.2, 0.25) is 0 Å². The molecule has 0 N–H and O–H groups in total. The van der Waals surface area contributed by atoms with Gasteiger partial charge in [-0.15, -0.1) is 0 Å². The van der Waals surface area contributed by atoms with Crippen LogP contribution in [-0.2, 0) is 6.42 Å². The fraction of sp³-hybridized carbons (Fsp3) is 0.200. The van der Waals surface area contributed by atoms with E-state index in [4.69, 9.17) is 5.26 Å². The Kier molecular flexibility index (Phi) is 2.15. The predicted molar refractivity (Wildman–Crippen MR) is 54.0 cm³/mol. The molecule has 0 bridgehead atoms. The molecule has 0 aliphatic heterocycles. The number of pyridine rings is 1. The first-order valence-electron chi connectivity index (χ1n) is 4.07. The van der Waals surface area contributed by atoms with E-state index in [0.717, 1.165) is 28.4 Å². The maximum absolute atomic E-state index is 8.83. The van der Waals surface area contributed by atoms with Crippen LogP contribution in [0, 0.1) is 11.3 Å². The van der Waals surface area contributed by atoms with E-state index in [-0.39, 0.29) is 0 Å². The fourth-order valence-corrected chi connectivity index (χ4v) is 1.97. The lowest BCUT2D eigenvalue weighted by molar-refractivity contribution is 0.957. The maximum atomic E-state index is 8.83. The van der Waals surface area contributed by atoms with E-state index in [9.17, 15) is 0 Å². The number of allylic oxidation sites excluding steroid dienone is 1. The molecule has 2 nitrogen and oxygen atoms in total. The molecule has 1 heterocycles. The topological polar surface area (TPSA) is 36.7 Å². The molecule has 0 saturated carbocycles. The Labute approximate surface area is 85.0 Å². The van der Waals surface area contributed by atoms with Gasteiger partial charge in [0.15, 0.2) is 0 Å². The van der Waals surface area contributed by atoms with Crippen molar-refractivity contribution in [2.45, 2.75) is 12.8 Å². The third-order valence-electron chi connectivity index (χ3n) is 2.13. The second-order valence-electron chi connectivity index (χ2n) is 2.90. The minimum atomic E-state index is 0.558. The molecule has 1 aromatic heterocycles. The Balaban J connectivity index is 2.69. The maximum Gasteiger partial charge on any atom is 0.144 e. The highest BCUT2D eigenvalue weighted by Crippen LogP contribution is 2.27. The van der Waals surface area contributed by atoms with Gasteiger partial charge in [0.2, 0.25) is 0 Å². The quantitative estimate of drug-likeness (QED) is 0.693. The van der Waals surface area contributed by atoms with Gasteiger partial charge < -0.3 is 0 Å². The Morgan fingerprint density at radius 2 is 2.38 bits per heavy atom. The van der Waals surface area contributed by atoms with Crippen LogP contribution in [0.1, 0.15) is 23.2 Å². The van der Waals surface area contributed by atoms with Gasteiger partial charge in [-0.05, 0) is 39.9 Å². The molecule has 0 unspecified atom stereocenters. The second-order valence-corrected chi connectivity index (χ2v) is 3.75. The van der Waals surface area contributed by atoms with Gasteiger partial charge in [0.1, 0.15) is 11.8 Å². The van der Waals surface area contributed by atoms with Gasteiger partial charge in [-0.1, -0.05) is 12.2 Å². The van der Waals surface area contributed by atoms with Crippen molar-refractivity contribution < 1.29 is 0 Å². The molecule has 0 radical (unpaired) electrons. The van der Waals surface area contributed by atoms with Crippen molar-refractivity contribution in [2.75, 3.05) is 0 Å². The fourth-order valence-electron chi connectivity index (χ4n) is 1.50. The van der Waals surface area contributed by atoms with Gasteiger partial charge in [0.25, 0.3) is 0 Å². The average Bonchev–Trinajstić information content (AvgIpc) is 2.19. The van der Waals surface area contributed by atoms with Gasteiger partial charge >= 0.3 is 0 Å². The summed E-state index contributed by atoms with van der Waals surface area (Å²) in [5, 5.41) is 8.83. The van der Waals surface area contributed by atoms with E-state index < -0.39 is 0 Å². The summed E-state index contributed by atoms with van der Waals surface area (Å²) in [4.78, 5) is 4.07. The first-order chi connectivity index (χ1) is 6.33. The average molecular weight is 235 g/mol. The van der Waals surface area contributed by atoms with Gasteiger partial charge in [0, 0.05) is 10.7 Å². The number of rotatable bonds is 0. The molecule has 13 heavy (non-hydrogen) atoms. The van der Waals surface area contributed by atoms with Crippen LogP contribution in [0.4, 0.5) is 0 Å². The van der Waals surface area contributed by atoms with E-state index in [2.05, 4.69) is 33.1 Å². The van der Waals surface area contributed by atoms with Gasteiger partial charge in [-0.2, -0.15) is 5.26 Å². The highest BCUT2D eigenvalue weighted by Gasteiger charge is 2.13. The summed E-state index contributed by atoms with van der Waals surface area (Å²) < 4.78 is 0.970. The lowest BCUT2D eigenvalue weighted by atomic mass is 9.97. The lowest BCUT2D eigenvalue weighted by Gasteiger charge is -2.12. The normalized spacial score (nSPS) is 13.5. The Morgan fingerprint density at radius 1 is 1.54 bits per heavy atom. The van der Waals surface area contributed by atoms with Crippen molar-refractivity contribution in [2.24, 2.45) is 0 Å². The molecule has 0 fully saturated rings. The molecule has 64 valence electrons. The molecule has 1 aromatic rings. The number of hydrogen-bond acceptors (Lipinski definition) is 2. The predicted octanol–water partition coefficient (Wildman–Crippen LogP) is 2.68. The van der Waals surface area contributed by atoms with E-state index in [1.807, 2.05) is 6.08 Å². The largest absolute Gasteiger partial charge is 0.244 e. The van der Waals surface area contributed by atoms with Crippen molar-refractivity contribution in [1.29, 1.82) is 5.26 Å². The zero-order chi connectivity index (χ0) is 9.26. The van der Waals surface area contributed by atoms with Gasteiger partial charge in [0.05, 0.1) is 0 Å². The zero-order valence-electron chi connectivity index (χ0n) is 6.92. The van der Waals surface area contributed by atoms with E-state index in [0.29, 0.717) is 5.69 Å². The Bertz CT molecular complexity index is 416. The standard InChI is InChI=1S/C10H7BrN2/c11-9-6-13-10(5-12)8-4-2-1-3-7(8)9/h1,3,6H,2,4H2. The highest BCUT2D eigenvalue weighted by molar-refractivity contribution is 9.10. The summed E-state index contributed by atoms with van der Waals surface area (Å²) in [6.45, 7) is 0. The molecule has 1 aliphatic carbocycles. The van der Waals surface area contributed by atoms with E-state index in [1.54, 1.807) is 6.20 Å². The number of hydrogen-bond donors (Lipinski definition) is 0. The van der Waals surface area contributed by atoms with Gasteiger partial charge in [-0.25, -0.2) is 4.98 Å². The summed E-state index contributed by atoms with van der Waals surface area (Å²) in [7, 11) is 0. The van der Waals surface area contributed by atoms with Crippen LogP contribution in [0.5, 0.6) is 0 Å². The molecular formula is C10H7BrN2. The molecule has 0 atom stereocenters. The first kappa shape index (κ1) is 8.46. The first-order valence-corrected chi connectivity index (χ1v) is 4.86. The molecule has 1 aliphatic rings. The summed E-state index contributed by atoms with van der Waals surface area (Å²) in [5.41, 5.74) is 2.74. The van der Waals surface area contributed by atoms with Crippen LogP contribution >= 0.6 is 15.9 Å². The number of fused-ring (bicyclic) bond motifs is 1. The Morgan fingerprint density at radius 3 is 3.15 bits per heavy atom. The molecule has 0 amide bonds. The molecule has 0 spiro atoms. The van der Waals surface area contributed by atoms with E-state index in [1.165, 1.54) is 0 Å². The van der Waals surface area contributed by atoms with Crippen LogP contribution in [0.25, 0.3) is 6.08 Å². The van der Waals surface area contributed by atoms with Crippen LogP contribution in [0.3, 0.4) is 0 Å². The summed E-state index contributed by atoms with van der Waals surface area (Å²) in [6, 6.07) is 2.12. The van der Waals surface area contributed by atoms with Crippen molar-refractivity contribution >= 4 is 22.0 Å². The molecule has 2 rings (SSSR count). The monoisotopic (exact) mass is 234 g/mol. The summed E-state index contributed by atoms with van der Waals surface area (Å²) in [5.74, 6) is 0. The molecule has 0 aromatic carbocycles. The smallest absolute Gasteiger partial charge is 0.144 e. The summed E-state index contributed by atoms with van der Waals surface area (Å²) >= 11 is 3.42. The lowest BCUT2D eigenvalue weighted by Crippen LogP contribution is -2.01. The second kappa shape index (κ2) is 3.31. The van der Waals surface area contributed by atoms with Crippen molar-refractivity contribution in [3.8, 4) is 6.07 Å². The van der Waals surface area contributed by atoms with Crippen molar-refractivity contribution in [3.05, 3.63) is 33.6 Å². The third-order valence-corrected chi connectivity index (χ3v) is 2.76. The molecular weight excluding hydrogens is 228 g/mol. The minimum Gasteiger partial charge on any atom is -0.244 e. The van der Waals surface area contributed by atoms with Crippen molar-refractivity contribution in [3.63, 3.8) is 0 Å². The number of nitrogens with zero attached hydrogens (tertiary/aromatic N) is 2. The van der Waals surface area contributed by atoms with Crippen molar-refractivity contribution in [1.82, 2.24) is 4.98 Å².